The zero-order valence-electron chi connectivity index (χ0n) is 12.3. The highest BCUT2D eigenvalue weighted by Crippen LogP contribution is 2.31. The molecule has 3 atom stereocenters. The van der Waals surface area contributed by atoms with Gasteiger partial charge in [0.15, 0.2) is 0 Å². The van der Waals surface area contributed by atoms with Gasteiger partial charge in [0, 0.05) is 6.04 Å². The lowest BCUT2D eigenvalue weighted by molar-refractivity contribution is -0.145. The standard InChI is InChI=1S/C13H22N2O5S/c1-8(12(16)14-9-6-7-9)15-21(18,19)11-5-3-4-10(11)13(17)20-2/h8-11,15H,3-7H2,1-2H3,(H,14,16). The first kappa shape index (κ1) is 16.2. The molecule has 0 aromatic rings. The van der Waals surface area contributed by atoms with Gasteiger partial charge < -0.3 is 10.1 Å². The van der Waals surface area contributed by atoms with Gasteiger partial charge in [-0.3, -0.25) is 9.59 Å². The van der Waals surface area contributed by atoms with Crippen LogP contribution in [0.3, 0.4) is 0 Å². The summed E-state index contributed by atoms with van der Waals surface area (Å²) in [5.41, 5.74) is 0. The SMILES string of the molecule is COC(=O)C1CCCC1S(=O)(=O)NC(C)C(=O)NC1CC1. The number of rotatable bonds is 6. The Balaban J connectivity index is 1.99. The summed E-state index contributed by atoms with van der Waals surface area (Å²) < 4.78 is 31.8. The summed E-state index contributed by atoms with van der Waals surface area (Å²) in [6, 6.07) is -0.659. The zero-order chi connectivity index (χ0) is 15.6. The number of ether oxygens (including phenoxy) is 1. The van der Waals surface area contributed by atoms with E-state index in [1.807, 2.05) is 0 Å². The topological polar surface area (TPSA) is 102 Å². The van der Waals surface area contributed by atoms with E-state index < -0.39 is 33.2 Å². The average molecular weight is 318 g/mol. The van der Waals surface area contributed by atoms with E-state index in [0.29, 0.717) is 19.3 Å². The summed E-state index contributed by atoms with van der Waals surface area (Å²) in [5.74, 6) is -1.47. The molecule has 0 saturated heterocycles. The predicted molar refractivity (Wildman–Crippen MR) is 75.8 cm³/mol. The highest BCUT2D eigenvalue weighted by atomic mass is 32.2. The van der Waals surface area contributed by atoms with Crippen LogP contribution in [0.2, 0.25) is 0 Å². The quantitative estimate of drug-likeness (QED) is 0.667. The molecule has 2 fully saturated rings. The van der Waals surface area contributed by atoms with Crippen LogP contribution in [-0.2, 0) is 24.3 Å². The molecule has 8 heteroatoms. The van der Waals surface area contributed by atoms with Gasteiger partial charge in [-0.05, 0) is 32.6 Å². The second kappa shape index (κ2) is 6.31. The minimum atomic E-state index is -3.74. The minimum absolute atomic E-state index is 0.179. The van der Waals surface area contributed by atoms with Crippen LogP contribution in [0.25, 0.3) is 0 Å². The first-order valence-electron chi connectivity index (χ1n) is 7.24. The van der Waals surface area contributed by atoms with E-state index in [-0.39, 0.29) is 11.9 Å². The Morgan fingerprint density at radius 1 is 1.19 bits per heavy atom. The lowest BCUT2D eigenvalue weighted by atomic mass is 10.1. The summed E-state index contributed by atoms with van der Waals surface area (Å²) in [4.78, 5) is 23.5. The normalized spacial score (nSPS) is 27.1. The van der Waals surface area contributed by atoms with Crippen molar-refractivity contribution in [2.75, 3.05) is 7.11 Å². The summed E-state index contributed by atoms with van der Waals surface area (Å²) in [7, 11) is -2.48. The number of esters is 1. The van der Waals surface area contributed by atoms with Gasteiger partial charge in [0.05, 0.1) is 24.3 Å². The van der Waals surface area contributed by atoms with Gasteiger partial charge in [-0.25, -0.2) is 13.1 Å². The van der Waals surface area contributed by atoms with Crippen LogP contribution in [0.4, 0.5) is 0 Å². The van der Waals surface area contributed by atoms with Crippen molar-refractivity contribution in [3.05, 3.63) is 0 Å². The maximum absolute atomic E-state index is 12.4. The predicted octanol–water partition coefficient (Wildman–Crippen LogP) is -0.0854. The van der Waals surface area contributed by atoms with Gasteiger partial charge in [0.2, 0.25) is 15.9 Å². The van der Waals surface area contributed by atoms with E-state index in [1.54, 1.807) is 0 Å². The summed E-state index contributed by atoms with van der Waals surface area (Å²) in [6.07, 6.45) is 3.46. The lowest BCUT2D eigenvalue weighted by Crippen LogP contribution is -2.49. The van der Waals surface area contributed by atoms with E-state index in [1.165, 1.54) is 14.0 Å². The maximum atomic E-state index is 12.4. The molecule has 21 heavy (non-hydrogen) atoms. The Morgan fingerprint density at radius 2 is 1.86 bits per heavy atom. The number of carbonyl (C=O) groups is 2. The molecular formula is C13H22N2O5S. The molecular weight excluding hydrogens is 296 g/mol. The number of carbonyl (C=O) groups excluding carboxylic acids is 2. The van der Waals surface area contributed by atoms with Crippen LogP contribution in [0.5, 0.6) is 0 Å². The van der Waals surface area contributed by atoms with Crippen LogP contribution < -0.4 is 10.0 Å². The summed E-state index contributed by atoms with van der Waals surface area (Å²) in [5, 5.41) is 1.94. The maximum Gasteiger partial charge on any atom is 0.310 e. The Kier molecular flexibility index (Phi) is 4.88. The van der Waals surface area contributed by atoms with Crippen molar-refractivity contribution in [1.82, 2.24) is 10.0 Å². The second-order valence-corrected chi connectivity index (χ2v) is 7.70. The van der Waals surface area contributed by atoms with Crippen molar-refractivity contribution in [1.29, 1.82) is 0 Å². The monoisotopic (exact) mass is 318 g/mol. The number of hydrogen-bond donors (Lipinski definition) is 2. The molecule has 2 aliphatic rings. The highest BCUT2D eigenvalue weighted by molar-refractivity contribution is 7.90. The molecule has 0 aromatic carbocycles. The van der Waals surface area contributed by atoms with E-state index in [0.717, 1.165) is 12.8 Å². The van der Waals surface area contributed by atoms with Gasteiger partial charge in [-0.2, -0.15) is 0 Å². The fourth-order valence-electron chi connectivity index (χ4n) is 2.66. The molecule has 0 radical (unpaired) electrons. The van der Waals surface area contributed by atoms with Crippen molar-refractivity contribution >= 4 is 21.9 Å². The largest absolute Gasteiger partial charge is 0.469 e. The molecule has 3 unspecified atom stereocenters. The average Bonchev–Trinajstić information content (AvgIpc) is 3.08. The van der Waals surface area contributed by atoms with Crippen LogP contribution in [0.1, 0.15) is 39.0 Å². The molecule has 2 aliphatic carbocycles. The third kappa shape index (κ3) is 3.94. The molecule has 0 heterocycles. The highest BCUT2D eigenvalue weighted by Gasteiger charge is 2.43. The molecule has 0 aliphatic heterocycles. The molecule has 2 N–H and O–H groups in total. The van der Waals surface area contributed by atoms with Gasteiger partial charge in [-0.1, -0.05) is 6.42 Å². The van der Waals surface area contributed by atoms with Crippen molar-refractivity contribution in [3.8, 4) is 0 Å². The van der Waals surface area contributed by atoms with E-state index in [2.05, 4.69) is 14.8 Å². The Morgan fingerprint density at radius 3 is 2.43 bits per heavy atom. The van der Waals surface area contributed by atoms with Crippen LogP contribution in [0, 0.1) is 5.92 Å². The molecule has 2 saturated carbocycles. The Hall–Kier alpha value is -1.15. The first-order valence-corrected chi connectivity index (χ1v) is 8.79. The first-order chi connectivity index (χ1) is 9.85. The summed E-state index contributed by atoms with van der Waals surface area (Å²) in [6.45, 7) is 1.51. The number of nitrogens with one attached hydrogen (secondary N) is 2. The molecule has 2 rings (SSSR count). The number of amides is 1. The minimum Gasteiger partial charge on any atom is -0.469 e. The number of sulfonamides is 1. The Labute approximate surface area is 124 Å². The fourth-order valence-corrected chi connectivity index (χ4v) is 4.59. The van der Waals surface area contributed by atoms with E-state index >= 15 is 0 Å². The van der Waals surface area contributed by atoms with Gasteiger partial charge >= 0.3 is 5.97 Å². The van der Waals surface area contributed by atoms with Crippen LogP contribution in [0.15, 0.2) is 0 Å². The van der Waals surface area contributed by atoms with Crippen LogP contribution in [-0.4, -0.2) is 44.7 Å². The number of hydrogen-bond acceptors (Lipinski definition) is 5. The fraction of sp³-hybridized carbons (Fsp3) is 0.846. The van der Waals surface area contributed by atoms with Crippen molar-refractivity contribution in [3.63, 3.8) is 0 Å². The zero-order valence-corrected chi connectivity index (χ0v) is 13.1. The third-order valence-corrected chi connectivity index (χ3v) is 6.06. The molecule has 1 amide bonds. The molecule has 7 nitrogen and oxygen atoms in total. The second-order valence-electron chi connectivity index (χ2n) is 5.77. The smallest absolute Gasteiger partial charge is 0.310 e. The van der Waals surface area contributed by atoms with Crippen molar-refractivity contribution < 1.29 is 22.7 Å². The van der Waals surface area contributed by atoms with Crippen LogP contribution >= 0.6 is 0 Å². The van der Waals surface area contributed by atoms with Crippen molar-refractivity contribution in [2.45, 2.75) is 56.4 Å². The van der Waals surface area contributed by atoms with Gasteiger partial charge in [0.1, 0.15) is 0 Å². The van der Waals surface area contributed by atoms with Gasteiger partial charge in [-0.15, -0.1) is 0 Å². The van der Waals surface area contributed by atoms with Gasteiger partial charge in [0.25, 0.3) is 0 Å². The van der Waals surface area contributed by atoms with E-state index in [4.69, 9.17) is 0 Å². The molecule has 0 spiro atoms. The van der Waals surface area contributed by atoms with E-state index in [9.17, 15) is 18.0 Å². The lowest BCUT2D eigenvalue weighted by Gasteiger charge is -2.21. The van der Waals surface area contributed by atoms with Crippen molar-refractivity contribution in [2.24, 2.45) is 5.92 Å². The third-order valence-electron chi connectivity index (χ3n) is 4.01. The summed E-state index contributed by atoms with van der Waals surface area (Å²) >= 11 is 0. The number of methoxy groups -OCH3 is 1. The molecule has 120 valence electrons. The molecule has 0 aromatic heterocycles. The Bertz CT molecular complexity index is 515. The molecule has 0 bridgehead atoms.